The summed E-state index contributed by atoms with van der Waals surface area (Å²) < 4.78 is 17.5. The minimum absolute atomic E-state index is 0.0171. The number of para-hydroxylation sites is 1. The van der Waals surface area contributed by atoms with Gasteiger partial charge in [-0.1, -0.05) is 25.1 Å². The molecule has 118 valence electrons. The number of hydrogen-bond donors (Lipinski definition) is 1. The summed E-state index contributed by atoms with van der Waals surface area (Å²) in [6.07, 6.45) is 0.0171. The Labute approximate surface area is 127 Å². The molecule has 1 aliphatic rings. The summed E-state index contributed by atoms with van der Waals surface area (Å²) in [5.74, 6) is 0.953. The number of hydrogen-bond acceptors (Lipinski definition) is 4. The van der Waals surface area contributed by atoms with Crippen molar-refractivity contribution in [2.24, 2.45) is 0 Å². The van der Waals surface area contributed by atoms with Crippen LogP contribution in [0.15, 0.2) is 24.3 Å². The van der Waals surface area contributed by atoms with E-state index >= 15 is 0 Å². The van der Waals surface area contributed by atoms with E-state index in [-0.39, 0.29) is 17.7 Å². The number of fused-ring (bicyclic) bond motifs is 1. The van der Waals surface area contributed by atoms with E-state index in [1.165, 1.54) is 5.56 Å². The highest BCUT2D eigenvalue weighted by atomic mass is 16.6. The third kappa shape index (κ3) is 4.70. The molecule has 0 bridgehead atoms. The summed E-state index contributed by atoms with van der Waals surface area (Å²) in [6.45, 7) is 10.9. The molecule has 0 fully saturated rings. The van der Waals surface area contributed by atoms with E-state index < -0.39 is 0 Å². The predicted octanol–water partition coefficient (Wildman–Crippen LogP) is 2.93. The fourth-order valence-electron chi connectivity index (χ4n) is 2.49. The molecule has 0 saturated heterocycles. The molecule has 1 aliphatic heterocycles. The van der Waals surface area contributed by atoms with Crippen LogP contribution in [0.25, 0.3) is 0 Å². The minimum atomic E-state index is -0.125. The SMILES string of the molecule is CCNC1c2ccccc2OCC1OCCOC(C)(C)C. The van der Waals surface area contributed by atoms with E-state index in [2.05, 4.69) is 39.1 Å². The van der Waals surface area contributed by atoms with Crippen LogP contribution >= 0.6 is 0 Å². The van der Waals surface area contributed by atoms with Crippen LogP contribution in [-0.2, 0) is 9.47 Å². The Hall–Kier alpha value is -1.10. The summed E-state index contributed by atoms with van der Waals surface area (Å²) in [7, 11) is 0. The van der Waals surface area contributed by atoms with Gasteiger partial charge in [0.15, 0.2) is 0 Å². The zero-order valence-electron chi connectivity index (χ0n) is 13.5. The molecule has 1 aromatic rings. The van der Waals surface area contributed by atoms with Gasteiger partial charge in [-0.05, 0) is 33.4 Å². The van der Waals surface area contributed by atoms with Gasteiger partial charge in [-0.15, -0.1) is 0 Å². The lowest BCUT2D eigenvalue weighted by atomic mass is 9.98. The zero-order valence-corrected chi connectivity index (χ0v) is 13.5. The summed E-state index contributed by atoms with van der Waals surface area (Å²) in [5, 5.41) is 3.50. The maximum atomic E-state index is 5.99. The van der Waals surface area contributed by atoms with Crippen molar-refractivity contribution in [2.75, 3.05) is 26.4 Å². The highest BCUT2D eigenvalue weighted by molar-refractivity contribution is 5.38. The summed E-state index contributed by atoms with van der Waals surface area (Å²) >= 11 is 0. The van der Waals surface area contributed by atoms with Crippen molar-refractivity contribution in [2.45, 2.75) is 45.4 Å². The van der Waals surface area contributed by atoms with E-state index in [4.69, 9.17) is 14.2 Å². The fraction of sp³-hybridized carbons (Fsp3) is 0.647. The van der Waals surface area contributed by atoms with Gasteiger partial charge < -0.3 is 19.5 Å². The summed E-state index contributed by atoms with van der Waals surface area (Å²) in [6, 6.07) is 8.33. The van der Waals surface area contributed by atoms with Crippen LogP contribution in [0.5, 0.6) is 5.75 Å². The average Bonchev–Trinajstić information content (AvgIpc) is 2.44. The second kappa shape index (κ2) is 7.25. The maximum absolute atomic E-state index is 5.99. The zero-order chi connectivity index (χ0) is 15.3. The van der Waals surface area contributed by atoms with Crippen molar-refractivity contribution in [3.05, 3.63) is 29.8 Å². The monoisotopic (exact) mass is 293 g/mol. The highest BCUT2D eigenvalue weighted by Gasteiger charge is 2.30. The molecule has 4 heteroatoms. The van der Waals surface area contributed by atoms with Crippen LogP contribution in [0.4, 0.5) is 0 Å². The Kier molecular flexibility index (Phi) is 5.62. The van der Waals surface area contributed by atoms with Crippen LogP contribution < -0.4 is 10.1 Å². The van der Waals surface area contributed by atoms with Crippen molar-refractivity contribution in [1.29, 1.82) is 0 Å². The van der Waals surface area contributed by atoms with Gasteiger partial charge in [0.25, 0.3) is 0 Å². The van der Waals surface area contributed by atoms with Crippen LogP contribution in [0.3, 0.4) is 0 Å². The molecule has 1 N–H and O–H groups in total. The lowest BCUT2D eigenvalue weighted by molar-refractivity contribution is -0.0715. The molecule has 21 heavy (non-hydrogen) atoms. The number of ether oxygens (including phenoxy) is 3. The third-order valence-corrected chi connectivity index (χ3v) is 3.40. The number of rotatable bonds is 6. The third-order valence-electron chi connectivity index (χ3n) is 3.40. The molecule has 2 atom stereocenters. The van der Waals surface area contributed by atoms with Crippen molar-refractivity contribution in [3.8, 4) is 5.75 Å². The molecule has 2 unspecified atom stereocenters. The smallest absolute Gasteiger partial charge is 0.124 e. The Balaban J connectivity index is 1.93. The van der Waals surface area contributed by atoms with Gasteiger partial charge in [0.2, 0.25) is 0 Å². The van der Waals surface area contributed by atoms with Gasteiger partial charge in [0.05, 0.1) is 24.9 Å². The molecule has 0 aromatic heterocycles. The van der Waals surface area contributed by atoms with Crippen LogP contribution in [0, 0.1) is 0 Å². The lowest BCUT2D eigenvalue weighted by Gasteiger charge is -2.34. The maximum Gasteiger partial charge on any atom is 0.124 e. The first-order valence-corrected chi connectivity index (χ1v) is 7.72. The molecule has 0 spiro atoms. The van der Waals surface area contributed by atoms with Gasteiger partial charge in [-0.25, -0.2) is 0 Å². The molecule has 2 rings (SSSR count). The van der Waals surface area contributed by atoms with Gasteiger partial charge in [-0.3, -0.25) is 0 Å². The summed E-state index contributed by atoms with van der Waals surface area (Å²) in [5.41, 5.74) is 1.05. The fourth-order valence-corrected chi connectivity index (χ4v) is 2.49. The highest BCUT2D eigenvalue weighted by Crippen LogP contribution is 2.33. The molecular formula is C17H27NO3. The number of likely N-dealkylation sites (N-methyl/N-ethyl adjacent to an activating group) is 1. The number of benzene rings is 1. The molecule has 0 radical (unpaired) electrons. The van der Waals surface area contributed by atoms with E-state index in [1.807, 2.05) is 18.2 Å². The van der Waals surface area contributed by atoms with Gasteiger partial charge in [0.1, 0.15) is 18.5 Å². The lowest BCUT2D eigenvalue weighted by Crippen LogP contribution is -2.41. The molecule has 0 saturated carbocycles. The molecule has 1 heterocycles. The Bertz CT molecular complexity index is 442. The molecule has 1 aromatic carbocycles. The second-order valence-electron chi connectivity index (χ2n) is 6.25. The van der Waals surface area contributed by atoms with Gasteiger partial charge >= 0.3 is 0 Å². The van der Waals surface area contributed by atoms with Crippen LogP contribution in [0.2, 0.25) is 0 Å². The summed E-state index contributed by atoms with van der Waals surface area (Å²) in [4.78, 5) is 0. The van der Waals surface area contributed by atoms with Crippen molar-refractivity contribution in [3.63, 3.8) is 0 Å². The minimum Gasteiger partial charge on any atom is -0.490 e. The van der Waals surface area contributed by atoms with Crippen molar-refractivity contribution < 1.29 is 14.2 Å². The molecule has 0 amide bonds. The Morgan fingerprint density at radius 2 is 2.00 bits per heavy atom. The van der Waals surface area contributed by atoms with Crippen molar-refractivity contribution >= 4 is 0 Å². The van der Waals surface area contributed by atoms with Gasteiger partial charge in [-0.2, -0.15) is 0 Å². The van der Waals surface area contributed by atoms with E-state index in [9.17, 15) is 0 Å². The van der Waals surface area contributed by atoms with Crippen LogP contribution in [0.1, 0.15) is 39.3 Å². The standard InChI is InChI=1S/C17H27NO3/c1-5-18-16-13-8-6-7-9-14(13)20-12-15(16)19-10-11-21-17(2,3)4/h6-9,15-16,18H,5,10-12H2,1-4H3. The Morgan fingerprint density at radius 1 is 1.24 bits per heavy atom. The normalized spacial score (nSPS) is 21.7. The first-order valence-electron chi connectivity index (χ1n) is 7.72. The topological polar surface area (TPSA) is 39.7 Å². The number of nitrogens with one attached hydrogen (secondary N) is 1. The molecule has 0 aliphatic carbocycles. The van der Waals surface area contributed by atoms with E-state index in [0.717, 1.165) is 12.3 Å². The predicted molar refractivity (Wildman–Crippen MR) is 83.8 cm³/mol. The first kappa shape index (κ1) is 16.3. The van der Waals surface area contributed by atoms with Crippen molar-refractivity contribution in [1.82, 2.24) is 5.32 Å². The van der Waals surface area contributed by atoms with E-state index in [1.54, 1.807) is 0 Å². The quantitative estimate of drug-likeness (QED) is 0.819. The largest absolute Gasteiger partial charge is 0.490 e. The van der Waals surface area contributed by atoms with Gasteiger partial charge in [0, 0.05) is 5.56 Å². The second-order valence-corrected chi connectivity index (χ2v) is 6.25. The Morgan fingerprint density at radius 3 is 2.71 bits per heavy atom. The molecular weight excluding hydrogens is 266 g/mol. The molecule has 4 nitrogen and oxygen atoms in total. The van der Waals surface area contributed by atoms with Crippen LogP contribution in [-0.4, -0.2) is 38.1 Å². The average molecular weight is 293 g/mol. The van der Waals surface area contributed by atoms with E-state index in [0.29, 0.717) is 19.8 Å². The first-order chi connectivity index (χ1) is 10.0.